The molecule has 0 aliphatic rings. The smallest absolute Gasteiger partial charge is 0.193 e. The molecule has 2 nitrogen and oxygen atoms in total. The van der Waals surface area contributed by atoms with E-state index in [-0.39, 0.29) is 16.2 Å². The van der Waals surface area contributed by atoms with Crippen molar-refractivity contribution in [2.24, 2.45) is 0 Å². The Morgan fingerprint density at radius 2 is 1.25 bits per heavy atom. The van der Waals surface area contributed by atoms with Gasteiger partial charge < -0.3 is 8.85 Å². The number of rotatable bonds is 6. The quantitative estimate of drug-likeness (QED) is 0.517. The summed E-state index contributed by atoms with van der Waals surface area (Å²) in [6.07, 6.45) is 0.0150. The van der Waals surface area contributed by atoms with E-state index >= 15 is 0 Å². The summed E-state index contributed by atoms with van der Waals surface area (Å²) in [4.78, 5) is 0. The third kappa shape index (κ3) is 5.55. The normalized spacial score (nSPS) is 15.4. The van der Waals surface area contributed by atoms with Crippen LogP contribution in [-0.2, 0) is 8.85 Å². The van der Waals surface area contributed by atoms with Gasteiger partial charge in [-0.3, -0.25) is 0 Å². The van der Waals surface area contributed by atoms with E-state index in [0.717, 1.165) is 0 Å². The third-order valence-electron chi connectivity index (χ3n) is 5.82. The first kappa shape index (κ1) is 21.6. The van der Waals surface area contributed by atoms with Crippen LogP contribution in [-0.4, -0.2) is 23.2 Å². The monoisotopic (exact) mass is 366 g/mol. The van der Waals surface area contributed by atoms with Crippen LogP contribution >= 0.6 is 0 Å². The second-order valence-electron chi connectivity index (χ2n) is 9.85. The molecule has 0 radical (unpaired) electrons. The average molecular weight is 367 g/mol. The predicted octanol–water partition coefficient (Wildman–Crippen LogP) is 6.77. The van der Waals surface area contributed by atoms with Crippen molar-refractivity contribution in [2.75, 3.05) is 6.61 Å². The lowest BCUT2D eigenvalue weighted by Crippen LogP contribution is -2.45. The first-order chi connectivity index (χ1) is 10.7. The molecular weight excluding hydrogens is 328 g/mol. The molecule has 0 fully saturated rings. The minimum absolute atomic E-state index is 0.0150. The van der Waals surface area contributed by atoms with Crippen LogP contribution in [0.2, 0.25) is 36.3 Å². The van der Waals surface area contributed by atoms with Crippen LogP contribution in [0.3, 0.4) is 0 Å². The molecule has 1 rings (SSSR count). The van der Waals surface area contributed by atoms with E-state index in [1.807, 2.05) is 0 Å². The maximum atomic E-state index is 6.73. The fourth-order valence-corrected chi connectivity index (χ4v) is 4.17. The Balaban J connectivity index is 3.01. The van der Waals surface area contributed by atoms with Gasteiger partial charge in [0, 0.05) is 0 Å². The van der Waals surface area contributed by atoms with Crippen LogP contribution in [0, 0.1) is 0 Å². The zero-order valence-electron chi connectivity index (χ0n) is 17.5. The Labute approximate surface area is 152 Å². The molecule has 0 aromatic heterocycles. The van der Waals surface area contributed by atoms with Gasteiger partial charge in [-0.15, -0.1) is 0 Å². The van der Waals surface area contributed by atoms with Gasteiger partial charge in [-0.1, -0.05) is 71.9 Å². The molecule has 0 N–H and O–H groups in total. The summed E-state index contributed by atoms with van der Waals surface area (Å²) in [5, 5.41) is 0.405. The summed E-state index contributed by atoms with van der Waals surface area (Å²) in [7, 11) is -3.64. The molecule has 0 saturated heterocycles. The van der Waals surface area contributed by atoms with Gasteiger partial charge in [-0.2, -0.15) is 0 Å². The highest BCUT2D eigenvalue weighted by molar-refractivity contribution is 6.74. The Kier molecular flexibility index (Phi) is 6.70. The molecule has 0 saturated carbocycles. The third-order valence-corrected chi connectivity index (χ3v) is 14.8. The van der Waals surface area contributed by atoms with Crippen LogP contribution in [0.15, 0.2) is 30.3 Å². The molecule has 1 aromatic carbocycles. The van der Waals surface area contributed by atoms with Gasteiger partial charge in [-0.05, 0) is 41.8 Å². The summed E-state index contributed by atoms with van der Waals surface area (Å²) in [6, 6.07) is 10.6. The molecule has 1 aromatic rings. The number of hydrogen-bond donors (Lipinski definition) is 0. The highest BCUT2D eigenvalue weighted by Gasteiger charge is 2.41. The molecular formula is C20H38O2Si2. The topological polar surface area (TPSA) is 18.5 Å². The maximum Gasteiger partial charge on any atom is 0.193 e. The minimum Gasteiger partial charge on any atom is -0.414 e. The van der Waals surface area contributed by atoms with Crippen molar-refractivity contribution in [3.63, 3.8) is 0 Å². The van der Waals surface area contributed by atoms with Gasteiger partial charge in [0.1, 0.15) is 0 Å². The lowest BCUT2D eigenvalue weighted by Gasteiger charge is -2.41. The van der Waals surface area contributed by atoms with E-state index in [2.05, 4.69) is 98.1 Å². The minimum atomic E-state index is -1.86. The molecule has 0 spiro atoms. The standard InChI is InChI=1S/C20H38O2Si2/c1-19(2,3)23(7,8)21-16-18(17-14-12-11-13-15-17)22-24(9,10)20(4,5)6/h11-15,18H,16H2,1-10H3. The van der Waals surface area contributed by atoms with Gasteiger partial charge in [-0.25, -0.2) is 0 Å². The molecule has 4 heteroatoms. The predicted molar refractivity (Wildman–Crippen MR) is 111 cm³/mol. The lowest BCUT2D eigenvalue weighted by molar-refractivity contribution is 0.108. The molecule has 1 unspecified atom stereocenters. The first-order valence-electron chi connectivity index (χ1n) is 9.04. The van der Waals surface area contributed by atoms with Crippen molar-refractivity contribution in [3.05, 3.63) is 35.9 Å². The van der Waals surface area contributed by atoms with Gasteiger partial charge in [0.25, 0.3) is 0 Å². The Bertz CT molecular complexity index is 511. The molecule has 0 aliphatic carbocycles. The van der Waals surface area contributed by atoms with E-state index in [9.17, 15) is 0 Å². The highest BCUT2D eigenvalue weighted by atomic mass is 28.4. The second kappa shape index (κ2) is 7.44. The zero-order valence-corrected chi connectivity index (χ0v) is 19.5. The number of benzene rings is 1. The average Bonchev–Trinajstić information content (AvgIpc) is 2.42. The highest BCUT2D eigenvalue weighted by Crippen LogP contribution is 2.41. The fraction of sp³-hybridized carbons (Fsp3) is 0.700. The molecule has 138 valence electrons. The van der Waals surface area contributed by atoms with E-state index in [1.54, 1.807) is 0 Å². The molecule has 0 bridgehead atoms. The summed E-state index contributed by atoms with van der Waals surface area (Å²) in [5.74, 6) is 0. The van der Waals surface area contributed by atoms with Gasteiger partial charge in [0.2, 0.25) is 0 Å². The molecule has 1 atom stereocenters. The maximum absolute atomic E-state index is 6.73. The van der Waals surface area contributed by atoms with Crippen molar-refractivity contribution in [3.8, 4) is 0 Å². The van der Waals surface area contributed by atoms with Gasteiger partial charge in [0.05, 0.1) is 12.7 Å². The van der Waals surface area contributed by atoms with Crippen molar-refractivity contribution >= 4 is 16.6 Å². The van der Waals surface area contributed by atoms with Crippen LogP contribution in [0.5, 0.6) is 0 Å². The Morgan fingerprint density at radius 1 is 0.792 bits per heavy atom. The largest absolute Gasteiger partial charge is 0.414 e. The number of hydrogen-bond acceptors (Lipinski definition) is 2. The van der Waals surface area contributed by atoms with Crippen LogP contribution in [0.4, 0.5) is 0 Å². The van der Waals surface area contributed by atoms with E-state index < -0.39 is 16.6 Å². The molecule has 0 amide bonds. The SMILES string of the molecule is CC(C)(C)[Si](C)(C)OCC(O[Si](C)(C)C(C)(C)C)c1ccccc1. The molecule has 0 aliphatic heterocycles. The van der Waals surface area contributed by atoms with Crippen molar-refractivity contribution < 1.29 is 8.85 Å². The fourth-order valence-electron chi connectivity index (χ4n) is 1.90. The summed E-state index contributed by atoms with van der Waals surface area (Å²) < 4.78 is 13.2. The lowest BCUT2D eigenvalue weighted by atomic mass is 10.1. The first-order valence-corrected chi connectivity index (χ1v) is 14.9. The van der Waals surface area contributed by atoms with E-state index in [4.69, 9.17) is 8.85 Å². The Hall–Kier alpha value is -0.426. The summed E-state index contributed by atoms with van der Waals surface area (Å²) >= 11 is 0. The second-order valence-corrected chi connectivity index (χ2v) is 19.4. The molecule has 24 heavy (non-hydrogen) atoms. The zero-order chi connectivity index (χ0) is 18.8. The molecule has 0 heterocycles. The van der Waals surface area contributed by atoms with Gasteiger partial charge >= 0.3 is 0 Å². The van der Waals surface area contributed by atoms with Crippen LogP contribution in [0.1, 0.15) is 53.2 Å². The summed E-state index contributed by atoms with van der Waals surface area (Å²) in [6.45, 7) is 23.6. The van der Waals surface area contributed by atoms with E-state index in [0.29, 0.717) is 6.61 Å². The van der Waals surface area contributed by atoms with Gasteiger partial charge in [0.15, 0.2) is 16.6 Å². The van der Waals surface area contributed by atoms with Crippen molar-refractivity contribution in [1.82, 2.24) is 0 Å². The van der Waals surface area contributed by atoms with Crippen LogP contribution in [0.25, 0.3) is 0 Å². The summed E-state index contributed by atoms with van der Waals surface area (Å²) in [5.41, 5.74) is 1.22. The van der Waals surface area contributed by atoms with E-state index in [1.165, 1.54) is 5.56 Å². The van der Waals surface area contributed by atoms with Crippen molar-refractivity contribution in [2.45, 2.75) is 83.9 Å². The van der Waals surface area contributed by atoms with Crippen LogP contribution < -0.4 is 0 Å². The van der Waals surface area contributed by atoms with Crippen molar-refractivity contribution in [1.29, 1.82) is 0 Å². The Morgan fingerprint density at radius 3 is 1.67 bits per heavy atom.